The summed E-state index contributed by atoms with van der Waals surface area (Å²) in [5.74, 6) is -0.578. The van der Waals surface area contributed by atoms with Gasteiger partial charge in [0.1, 0.15) is 19.1 Å². The lowest BCUT2D eigenvalue weighted by Gasteiger charge is -2.63. The average molecular weight is 701 g/mol. The summed E-state index contributed by atoms with van der Waals surface area (Å²) in [7, 11) is 1.71. The summed E-state index contributed by atoms with van der Waals surface area (Å²) >= 11 is 0. The Hall–Kier alpha value is -3.76. The summed E-state index contributed by atoms with van der Waals surface area (Å²) < 4.78 is 5.30. The van der Waals surface area contributed by atoms with Gasteiger partial charge < -0.3 is 26.2 Å². The molecule has 276 valence electrons. The maximum Gasteiger partial charge on any atom is 0.250 e. The van der Waals surface area contributed by atoms with Crippen LogP contribution in [0.4, 0.5) is 5.69 Å². The second-order valence-corrected chi connectivity index (χ2v) is 16.9. The molecule has 6 atom stereocenters. The molecule has 10 nitrogen and oxygen atoms in total. The van der Waals surface area contributed by atoms with E-state index in [1.807, 2.05) is 18.2 Å². The number of nitrogens with two attached hydrogens (primary N) is 1. The first-order chi connectivity index (χ1) is 24.0. The molecule has 0 bridgehead atoms. The van der Waals surface area contributed by atoms with Gasteiger partial charge in [0.15, 0.2) is 0 Å². The maximum atomic E-state index is 15.0. The number of aromatic hydroxyl groups is 1. The molecule has 0 spiro atoms. The highest BCUT2D eigenvalue weighted by molar-refractivity contribution is 6.01. The van der Waals surface area contributed by atoms with Gasteiger partial charge in [0.25, 0.3) is 0 Å². The smallest absolute Gasteiger partial charge is 0.250 e. The largest absolute Gasteiger partial charge is 0.508 e. The molecule has 2 fully saturated rings. The van der Waals surface area contributed by atoms with Crippen LogP contribution >= 0.6 is 0 Å². The van der Waals surface area contributed by atoms with Crippen molar-refractivity contribution in [2.24, 2.45) is 27.9 Å². The van der Waals surface area contributed by atoms with Crippen LogP contribution in [0.25, 0.3) is 0 Å². The van der Waals surface area contributed by atoms with E-state index in [9.17, 15) is 19.5 Å². The molecular formula is C41H56N4O6. The number of nitrogens with zero attached hydrogens (tertiary/aromatic N) is 1. The highest BCUT2D eigenvalue weighted by Gasteiger charge is 2.65. The molecule has 2 aromatic carbocycles. The third-order valence-electron chi connectivity index (χ3n) is 14.4. The van der Waals surface area contributed by atoms with Crippen molar-refractivity contribution in [2.75, 3.05) is 32.2 Å². The molecular weight excluding hydrogens is 644 g/mol. The van der Waals surface area contributed by atoms with Crippen molar-refractivity contribution in [2.45, 2.75) is 110 Å². The molecule has 4 aliphatic carbocycles. The lowest BCUT2D eigenvalue weighted by Crippen LogP contribution is -2.64. The highest BCUT2D eigenvalue weighted by Crippen LogP contribution is 2.66. The zero-order valence-corrected chi connectivity index (χ0v) is 31.2. The van der Waals surface area contributed by atoms with Crippen LogP contribution in [0, 0.1) is 22.2 Å². The van der Waals surface area contributed by atoms with Gasteiger partial charge in [-0.3, -0.25) is 24.1 Å². The fourth-order valence-electron chi connectivity index (χ4n) is 11.1. The van der Waals surface area contributed by atoms with Crippen molar-refractivity contribution in [3.63, 3.8) is 0 Å². The maximum absolute atomic E-state index is 15.0. The summed E-state index contributed by atoms with van der Waals surface area (Å²) in [6.07, 6.45) is 8.33. The first kappa shape index (κ1) is 37.0. The van der Waals surface area contributed by atoms with E-state index in [2.05, 4.69) is 57.4 Å². The predicted molar refractivity (Wildman–Crippen MR) is 196 cm³/mol. The Bertz CT molecular complexity index is 1740. The Balaban J connectivity index is 1.24. The van der Waals surface area contributed by atoms with E-state index in [0.29, 0.717) is 12.1 Å². The molecule has 0 aliphatic heterocycles. The number of hydrogen-bond donors (Lipinski definition) is 4. The first-order valence-electron chi connectivity index (χ1n) is 18.7. The Labute approximate surface area is 302 Å². The zero-order valence-electron chi connectivity index (χ0n) is 31.2. The van der Waals surface area contributed by atoms with Gasteiger partial charge in [-0.1, -0.05) is 59.6 Å². The number of rotatable bonds is 8. The lowest BCUT2D eigenvalue weighted by atomic mass is 9.41. The third kappa shape index (κ3) is 5.86. The van der Waals surface area contributed by atoms with Crippen molar-refractivity contribution < 1.29 is 29.0 Å². The van der Waals surface area contributed by atoms with Gasteiger partial charge in [0.2, 0.25) is 23.6 Å². The summed E-state index contributed by atoms with van der Waals surface area (Å²) in [5, 5.41) is 15.8. The zero-order chi connectivity index (χ0) is 37.0. The number of nitrogens with one attached hydrogen (secondary N) is 2. The van der Waals surface area contributed by atoms with Crippen LogP contribution in [-0.2, 0) is 47.6 Å². The van der Waals surface area contributed by atoms with E-state index < -0.39 is 16.2 Å². The minimum Gasteiger partial charge on any atom is -0.508 e. The summed E-state index contributed by atoms with van der Waals surface area (Å²) in [6, 6.07) is 11.7. The Kier molecular flexibility index (Phi) is 9.68. The monoisotopic (exact) mass is 700 g/mol. The predicted octanol–water partition coefficient (Wildman–Crippen LogP) is 5.48. The second kappa shape index (κ2) is 13.3. The van der Waals surface area contributed by atoms with Crippen molar-refractivity contribution in [1.29, 1.82) is 0 Å². The standard InChI is InChI=1S/C41H56N4O6/c1-37-16-7-17-38(2,32(37)14-11-26-10-13-29(46)22-30(26)37)35(49)45(6)36(50)40(4)19-8-18-39(3)31-21-28(12-9-27(31)15-20-41(39,40)5)44-34(48)24-51-25-43-33(47)23-42/h9-10,12-13,21-22,32,46H,7-8,11,14-20,23-25,42H2,1-6H3,(H,43,47)(H,44,48)/t32-,37-,38+,39-,40-,41-/m1/s1. The molecule has 0 radical (unpaired) electrons. The summed E-state index contributed by atoms with van der Waals surface area (Å²) in [5.41, 5.74) is 8.11. The third-order valence-corrected chi connectivity index (χ3v) is 14.4. The van der Waals surface area contributed by atoms with Crippen LogP contribution in [0.5, 0.6) is 5.75 Å². The molecule has 0 saturated heterocycles. The summed E-state index contributed by atoms with van der Waals surface area (Å²) in [6.45, 7) is 10.4. The SMILES string of the molecule is CN(C(=O)[C@@]1(C)CCC[C@]2(C)c3cc(O)ccc3CC[C@@H]12)C(=O)[C@@]1(C)CCC[C@]2(C)c3cc(NC(=O)COCNC(=O)CN)ccc3CC[C@@]12C. The Morgan fingerprint density at radius 1 is 0.863 bits per heavy atom. The molecule has 10 heteroatoms. The van der Waals surface area contributed by atoms with Crippen LogP contribution in [-0.4, -0.2) is 60.6 Å². The molecule has 2 saturated carbocycles. The second-order valence-electron chi connectivity index (χ2n) is 16.9. The van der Waals surface area contributed by atoms with Crippen molar-refractivity contribution >= 4 is 29.3 Å². The van der Waals surface area contributed by atoms with Gasteiger partial charge in [0.05, 0.1) is 17.4 Å². The highest BCUT2D eigenvalue weighted by atomic mass is 16.5. The van der Waals surface area contributed by atoms with Gasteiger partial charge in [-0.15, -0.1) is 0 Å². The van der Waals surface area contributed by atoms with Gasteiger partial charge in [0, 0.05) is 12.7 Å². The number of imide groups is 1. The van der Waals surface area contributed by atoms with E-state index >= 15 is 4.79 Å². The number of benzene rings is 2. The van der Waals surface area contributed by atoms with Crippen molar-refractivity contribution in [3.05, 3.63) is 58.7 Å². The van der Waals surface area contributed by atoms with Crippen molar-refractivity contribution in [1.82, 2.24) is 10.2 Å². The number of fused-ring (bicyclic) bond motifs is 6. The van der Waals surface area contributed by atoms with E-state index in [1.54, 1.807) is 13.1 Å². The van der Waals surface area contributed by atoms with Crippen LogP contribution in [0.15, 0.2) is 36.4 Å². The number of amides is 4. The fourth-order valence-corrected chi connectivity index (χ4v) is 11.1. The minimum atomic E-state index is -0.789. The number of carbonyl (C=O) groups is 4. The van der Waals surface area contributed by atoms with Gasteiger partial charge >= 0.3 is 0 Å². The number of hydrogen-bond acceptors (Lipinski definition) is 7. The first-order valence-corrected chi connectivity index (χ1v) is 18.7. The van der Waals surface area contributed by atoms with Crippen LogP contribution in [0.2, 0.25) is 0 Å². The molecule has 5 N–H and O–H groups in total. The summed E-state index contributed by atoms with van der Waals surface area (Å²) in [4.78, 5) is 55.4. The lowest BCUT2D eigenvalue weighted by molar-refractivity contribution is -0.171. The average Bonchev–Trinajstić information content (AvgIpc) is 3.10. The quantitative estimate of drug-likeness (QED) is 0.162. The van der Waals surface area contributed by atoms with Crippen LogP contribution in [0.3, 0.4) is 0 Å². The van der Waals surface area contributed by atoms with Crippen molar-refractivity contribution in [3.8, 4) is 5.75 Å². The molecule has 2 aromatic rings. The van der Waals surface area contributed by atoms with E-state index in [0.717, 1.165) is 68.9 Å². The minimum absolute atomic E-state index is 0.0566. The Morgan fingerprint density at radius 3 is 2.31 bits per heavy atom. The van der Waals surface area contributed by atoms with Gasteiger partial charge in [-0.25, -0.2) is 0 Å². The van der Waals surface area contributed by atoms with E-state index in [-0.39, 0.29) is 66.0 Å². The van der Waals surface area contributed by atoms with Gasteiger partial charge in [-0.05, 0) is 120 Å². The van der Waals surface area contributed by atoms with Crippen LogP contribution in [0.1, 0.15) is 108 Å². The molecule has 6 rings (SSSR count). The number of phenols is 1. The van der Waals surface area contributed by atoms with Gasteiger partial charge in [-0.2, -0.15) is 0 Å². The van der Waals surface area contributed by atoms with E-state index in [1.165, 1.54) is 16.0 Å². The molecule has 0 aromatic heterocycles. The molecule has 0 unspecified atom stereocenters. The number of ether oxygens (including phenoxy) is 1. The topological polar surface area (TPSA) is 151 Å². The molecule has 4 amide bonds. The number of anilines is 1. The molecule has 51 heavy (non-hydrogen) atoms. The number of carbonyl (C=O) groups excluding carboxylic acids is 4. The molecule has 0 heterocycles. The fraction of sp³-hybridized carbons (Fsp3) is 0.610. The molecule has 4 aliphatic rings. The number of phenolic OH excluding ortho intramolecular Hbond substituents is 1. The number of aryl methyl sites for hydroxylation is 2. The van der Waals surface area contributed by atoms with E-state index in [4.69, 9.17) is 10.5 Å². The van der Waals surface area contributed by atoms with Crippen LogP contribution < -0.4 is 16.4 Å². The Morgan fingerprint density at radius 2 is 1.57 bits per heavy atom. The normalized spacial score (nSPS) is 32.3.